The van der Waals surface area contributed by atoms with Gasteiger partial charge in [0.1, 0.15) is 0 Å². The minimum atomic E-state index is -2.14. The molecule has 1 nitrogen and oxygen atoms in total. The van der Waals surface area contributed by atoms with E-state index >= 15 is 0 Å². The van der Waals surface area contributed by atoms with Crippen molar-refractivity contribution in [1.82, 2.24) is 4.98 Å². The molecule has 0 saturated carbocycles. The maximum atomic E-state index is 7.73. The number of aryl methyl sites for hydroxylation is 2. The van der Waals surface area contributed by atoms with Crippen LogP contribution >= 0.6 is 0 Å². The van der Waals surface area contributed by atoms with Crippen molar-refractivity contribution < 1.29 is 5.48 Å². The van der Waals surface area contributed by atoms with E-state index in [0.29, 0.717) is 0 Å². The summed E-state index contributed by atoms with van der Waals surface area (Å²) in [7, 11) is 0. The number of nitrogens with zero attached hydrogens (tertiary/aromatic N) is 1. The van der Waals surface area contributed by atoms with Gasteiger partial charge in [0.2, 0.25) is 0 Å². The highest BCUT2D eigenvalue weighted by molar-refractivity contribution is 5.74. The highest BCUT2D eigenvalue weighted by Gasteiger charge is 2.05. The molecule has 3 aromatic rings. The predicted octanol–water partition coefficient (Wildman–Crippen LogP) is 5.03. The standard InChI is InChI=1S/C19H17N/c1-14-8-11-19(20-13-14)17-10-9-15(2)18(12-17)16-6-4-3-5-7-16/h3-13H,1-2H3/i1D3,2D. The van der Waals surface area contributed by atoms with Crippen LogP contribution in [0.4, 0.5) is 0 Å². The summed E-state index contributed by atoms with van der Waals surface area (Å²) < 4.78 is 30.0. The molecule has 1 heteroatoms. The molecular weight excluding hydrogens is 242 g/mol. The Morgan fingerprint density at radius 3 is 2.50 bits per heavy atom. The second-order valence-electron chi connectivity index (χ2n) is 4.67. The Morgan fingerprint density at radius 2 is 1.80 bits per heavy atom. The van der Waals surface area contributed by atoms with E-state index in [1.807, 2.05) is 48.5 Å². The van der Waals surface area contributed by atoms with Gasteiger partial charge in [-0.15, -0.1) is 0 Å². The topological polar surface area (TPSA) is 12.9 Å². The van der Waals surface area contributed by atoms with Gasteiger partial charge in [0, 0.05) is 17.2 Å². The zero-order valence-corrected chi connectivity index (χ0v) is 11.0. The zero-order valence-electron chi connectivity index (χ0n) is 15.0. The van der Waals surface area contributed by atoms with Crippen LogP contribution in [-0.4, -0.2) is 4.98 Å². The maximum Gasteiger partial charge on any atom is 0.0702 e. The van der Waals surface area contributed by atoms with E-state index in [1.165, 1.54) is 6.20 Å². The Labute approximate surface area is 125 Å². The normalized spacial score (nSPS) is 14.0. The van der Waals surface area contributed by atoms with E-state index in [0.717, 1.165) is 27.9 Å². The SMILES string of the molecule is [2H]Cc1ccc(-c2ccc(C([2H])([2H])[2H])cn2)cc1-c1ccccc1. The zero-order chi connectivity index (χ0) is 17.2. The lowest BCUT2D eigenvalue weighted by atomic mass is 9.97. The third-order valence-electron chi connectivity index (χ3n) is 3.25. The molecule has 1 aromatic heterocycles. The molecule has 0 radical (unpaired) electrons. The predicted molar refractivity (Wildman–Crippen MR) is 84.6 cm³/mol. The largest absolute Gasteiger partial charge is 0.256 e. The first-order chi connectivity index (χ1) is 11.5. The summed E-state index contributed by atoms with van der Waals surface area (Å²) in [5, 5.41) is 0. The first-order valence-electron chi connectivity index (χ1n) is 8.64. The van der Waals surface area contributed by atoms with Crippen LogP contribution in [0.5, 0.6) is 0 Å². The number of hydrogen-bond acceptors (Lipinski definition) is 1. The van der Waals surface area contributed by atoms with Gasteiger partial charge in [-0.2, -0.15) is 0 Å². The molecule has 1 heterocycles. The summed E-state index contributed by atoms with van der Waals surface area (Å²) in [4.78, 5) is 4.30. The van der Waals surface area contributed by atoms with Crippen molar-refractivity contribution in [2.24, 2.45) is 0 Å². The number of rotatable bonds is 2. The molecule has 0 spiro atoms. The third kappa shape index (κ3) is 2.48. The molecule has 20 heavy (non-hydrogen) atoms. The van der Waals surface area contributed by atoms with Crippen LogP contribution in [0.3, 0.4) is 0 Å². The smallest absolute Gasteiger partial charge is 0.0702 e. The van der Waals surface area contributed by atoms with Crippen molar-refractivity contribution in [3.63, 3.8) is 0 Å². The van der Waals surface area contributed by atoms with Crippen LogP contribution in [0.25, 0.3) is 22.4 Å². The van der Waals surface area contributed by atoms with Crippen LogP contribution in [0, 0.1) is 13.8 Å². The summed E-state index contributed by atoms with van der Waals surface area (Å²) in [6, 6.07) is 19.1. The lowest BCUT2D eigenvalue weighted by Crippen LogP contribution is -1.88. The fourth-order valence-corrected chi connectivity index (χ4v) is 2.19. The van der Waals surface area contributed by atoms with Crippen LogP contribution in [0.2, 0.25) is 0 Å². The van der Waals surface area contributed by atoms with Gasteiger partial charge in [0.15, 0.2) is 0 Å². The Hall–Kier alpha value is -2.41. The Morgan fingerprint density at radius 1 is 0.900 bits per heavy atom. The Kier molecular flexibility index (Phi) is 2.30. The van der Waals surface area contributed by atoms with Crippen LogP contribution in [-0.2, 0) is 0 Å². The average Bonchev–Trinajstić information content (AvgIpc) is 2.61. The average molecular weight is 263 g/mol. The number of pyridine rings is 1. The van der Waals surface area contributed by atoms with Gasteiger partial charge in [-0.3, -0.25) is 4.98 Å². The Balaban J connectivity index is 2.03. The second kappa shape index (κ2) is 5.30. The van der Waals surface area contributed by atoms with Crippen LogP contribution in [0.15, 0.2) is 66.9 Å². The fourth-order valence-electron chi connectivity index (χ4n) is 2.19. The maximum absolute atomic E-state index is 7.73. The highest BCUT2D eigenvalue weighted by atomic mass is 14.7. The quantitative estimate of drug-likeness (QED) is 0.631. The Bertz CT molecular complexity index is 824. The summed E-state index contributed by atoms with van der Waals surface area (Å²) >= 11 is 0. The molecule has 0 aliphatic rings. The van der Waals surface area contributed by atoms with Crippen LogP contribution in [0.1, 0.15) is 16.6 Å². The molecule has 0 aliphatic heterocycles. The summed E-state index contributed by atoms with van der Waals surface area (Å²) in [6.07, 6.45) is 1.41. The van der Waals surface area contributed by atoms with Gasteiger partial charge in [0.05, 0.1) is 5.69 Å². The van der Waals surface area contributed by atoms with Crippen molar-refractivity contribution in [1.29, 1.82) is 0 Å². The molecular formula is C19H17N. The van der Waals surface area contributed by atoms with Crippen molar-refractivity contribution in [3.8, 4) is 22.4 Å². The molecule has 0 fully saturated rings. The van der Waals surface area contributed by atoms with Gasteiger partial charge in [0.25, 0.3) is 0 Å². The van der Waals surface area contributed by atoms with Gasteiger partial charge in [-0.1, -0.05) is 48.5 Å². The molecule has 0 N–H and O–H groups in total. The lowest BCUT2D eigenvalue weighted by Gasteiger charge is -2.09. The molecule has 0 unspecified atom stereocenters. The summed E-state index contributed by atoms with van der Waals surface area (Å²) in [6.45, 7) is -1.94. The molecule has 0 aliphatic carbocycles. The fraction of sp³-hybridized carbons (Fsp3) is 0.105. The minimum absolute atomic E-state index is 0.204. The third-order valence-corrected chi connectivity index (χ3v) is 3.25. The molecule has 2 aromatic carbocycles. The first-order valence-corrected chi connectivity index (χ1v) is 6.43. The molecule has 0 bridgehead atoms. The minimum Gasteiger partial charge on any atom is -0.256 e. The second-order valence-corrected chi connectivity index (χ2v) is 4.67. The van der Waals surface area contributed by atoms with E-state index in [9.17, 15) is 0 Å². The van der Waals surface area contributed by atoms with Crippen molar-refractivity contribution in [3.05, 3.63) is 78.0 Å². The lowest BCUT2D eigenvalue weighted by molar-refractivity contribution is 1.27. The van der Waals surface area contributed by atoms with E-state index in [2.05, 4.69) is 4.98 Å². The summed E-state index contributed by atoms with van der Waals surface area (Å²) in [5.74, 6) is 0. The van der Waals surface area contributed by atoms with Crippen LogP contribution < -0.4 is 0 Å². The van der Waals surface area contributed by atoms with Gasteiger partial charge < -0.3 is 0 Å². The first kappa shape index (κ1) is 8.70. The van der Waals surface area contributed by atoms with Crippen molar-refractivity contribution in [2.75, 3.05) is 0 Å². The number of hydrogen-bond donors (Lipinski definition) is 0. The van der Waals surface area contributed by atoms with Crippen molar-refractivity contribution in [2.45, 2.75) is 13.8 Å². The summed E-state index contributed by atoms with van der Waals surface area (Å²) in [5.41, 5.74) is 4.87. The molecule has 0 saturated heterocycles. The molecule has 3 rings (SSSR count). The van der Waals surface area contributed by atoms with Gasteiger partial charge in [-0.25, -0.2) is 0 Å². The molecule has 0 amide bonds. The monoisotopic (exact) mass is 263 g/mol. The van der Waals surface area contributed by atoms with Gasteiger partial charge >= 0.3 is 0 Å². The molecule has 0 atom stereocenters. The van der Waals surface area contributed by atoms with E-state index in [1.54, 1.807) is 12.1 Å². The molecule has 98 valence electrons. The highest BCUT2D eigenvalue weighted by Crippen LogP contribution is 2.28. The number of benzene rings is 2. The van der Waals surface area contributed by atoms with E-state index < -0.39 is 6.85 Å². The van der Waals surface area contributed by atoms with Gasteiger partial charge in [-0.05, 0) is 48.1 Å². The van der Waals surface area contributed by atoms with E-state index in [-0.39, 0.29) is 12.5 Å². The number of aromatic nitrogens is 1. The van der Waals surface area contributed by atoms with E-state index in [4.69, 9.17) is 5.48 Å². The van der Waals surface area contributed by atoms with Crippen molar-refractivity contribution >= 4 is 0 Å².